The standard InChI is InChI=1S/C15H20FN3O/c1-10-9-11(5-6-12(10)16)14-18-13(20-19-14)7-8-17-15(2,3)4/h5-6,9,17H,7-8H2,1-4H3. The molecule has 4 nitrogen and oxygen atoms in total. The molecule has 0 unspecified atom stereocenters. The Morgan fingerprint density at radius 1 is 1.30 bits per heavy atom. The van der Waals surface area contributed by atoms with Crippen molar-refractivity contribution in [1.82, 2.24) is 15.5 Å². The molecule has 108 valence electrons. The second-order valence-corrected chi connectivity index (χ2v) is 5.90. The molecule has 2 aromatic rings. The van der Waals surface area contributed by atoms with Crippen LogP contribution in [0.5, 0.6) is 0 Å². The van der Waals surface area contributed by atoms with Gasteiger partial charge >= 0.3 is 0 Å². The molecule has 0 fully saturated rings. The molecule has 0 spiro atoms. The first-order valence-corrected chi connectivity index (χ1v) is 6.69. The predicted octanol–water partition coefficient (Wildman–Crippen LogP) is 3.11. The van der Waals surface area contributed by atoms with Crippen molar-refractivity contribution in [2.24, 2.45) is 0 Å². The highest BCUT2D eigenvalue weighted by molar-refractivity contribution is 5.55. The number of halogens is 1. The van der Waals surface area contributed by atoms with Gasteiger partial charge in [0.2, 0.25) is 11.7 Å². The Labute approximate surface area is 118 Å². The molecule has 1 aromatic carbocycles. The predicted molar refractivity (Wildman–Crippen MR) is 75.9 cm³/mol. The van der Waals surface area contributed by atoms with Crippen LogP contribution in [0, 0.1) is 12.7 Å². The maximum atomic E-state index is 13.2. The molecule has 1 aromatic heterocycles. The van der Waals surface area contributed by atoms with E-state index < -0.39 is 0 Å². The van der Waals surface area contributed by atoms with Crippen LogP contribution < -0.4 is 5.32 Å². The van der Waals surface area contributed by atoms with Crippen LogP contribution in [0.25, 0.3) is 11.4 Å². The van der Waals surface area contributed by atoms with Crippen LogP contribution in [0.4, 0.5) is 4.39 Å². The summed E-state index contributed by atoms with van der Waals surface area (Å²) in [5.74, 6) is 0.851. The Morgan fingerprint density at radius 2 is 2.05 bits per heavy atom. The molecule has 0 aliphatic heterocycles. The lowest BCUT2D eigenvalue weighted by Crippen LogP contribution is -2.37. The monoisotopic (exact) mass is 277 g/mol. The third-order valence-electron chi connectivity index (χ3n) is 2.88. The summed E-state index contributed by atoms with van der Waals surface area (Å²) in [5.41, 5.74) is 1.41. The Balaban J connectivity index is 2.03. The summed E-state index contributed by atoms with van der Waals surface area (Å²) in [4.78, 5) is 4.33. The summed E-state index contributed by atoms with van der Waals surface area (Å²) < 4.78 is 18.4. The first-order chi connectivity index (χ1) is 9.35. The lowest BCUT2D eigenvalue weighted by Gasteiger charge is -2.19. The van der Waals surface area contributed by atoms with Crippen molar-refractivity contribution in [2.45, 2.75) is 39.7 Å². The maximum Gasteiger partial charge on any atom is 0.228 e. The van der Waals surface area contributed by atoms with E-state index in [1.165, 1.54) is 6.07 Å². The van der Waals surface area contributed by atoms with Crippen molar-refractivity contribution in [3.05, 3.63) is 35.5 Å². The Morgan fingerprint density at radius 3 is 2.70 bits per heavy atom. The first-order valence-electron chi connectivity index (χ1n) is 6.69. The molecular weight excluding hydrogens is 257 g/mol. The number of hydrogen-bond acceptors (Lipinski definition) is 4. The van der Waals surface area contributed by atoms with Gasteiger partial charge in [0.25, 0.3) is 0 Å². The van der Waals surface area contributed by atoms with E-state index in [1.807, 2.05) is 0 Å². The van der Waals surface area contributed by atoms with E-state index in [9.17, 15) is 4.39 Å². The van der Waals surface area contributed by atoms with Gasteiger partial charge in [0.15, 0.2) is 0 Å². The number of aromatic nitrogens is 2. The van der Waals surface area contributed by atoms with E-state index in [0.29, 0.717) is 23.7 Å². The van der Waals surface area contributed by atoms with Gasteiger partial charge in [0, 0.05) is 24.1 Å². The second kappa shape index (κ2) is 5.71. The van der Waals surface area contributed by atoms with Crippen LogP contribution in [0.15, 0.2) is 22.7 Å². The van der Waals surface area contributed by atoms with Gasteiger partial charge in [0.05, 0.1) is 0 Å². The van der Waals surface area contributed by atoms with Gasteiger partial charge in [-0.3, -0.25) is 0 Å². The minimum atomic E-state index is -0.230. The van der Waals surface area contributed by atoms with Gasteiger partial charge in [-0.2, -0.15) is 4.98 Å². The minimum absolute atomic E-state index is 0.0664. The first kappa shape index (κ1) is 14.7. The minimum Gasteiger partial charge on any atom is -0.339 e. The zero-order valence-electron chi connectivity index (χ0n) is 12.3. The molecule has 1 heterocycles. The number of benzene rings is 1. The van der Waals surface area contributed by atoms with Gasteiger partial charge in [0.1, 0.15) is 5.82 Å². The van der Waals surface area contributed by atoms with Crippen LogP contribution in [0.1, 0.15) is 32.2 Å². The van der Waals surface area contributed by atoms with E-state index in [2.05, 4.69) is 36.2 Å². The normalized spacial score (nSPS) is 11.8. The number of hydrogen-bond donors (Lipinski definition) is 1. The highest BCUT2D eigenvalue weighted by atomic mass is 19.1. The third-order valence-corrected chi connectivity index (χ3v) is 2.88. The van der Waals surface area contributed by atoms with Crippen molar-refractivity contribution in [3.63, 3.8) is 0 Å². The van der Waals surface area contributed by atoms with Crippen molar-refractivity contribution < 1.29 is 8.91 Å². The molecule has 0 saturated heterocycles. The molecule has 1 N–H and O–H groups in total. The maximum absolute atomic E-state index is 13.2. The van der Waals surface area contributed by atoms with E-state index in [4.69, 9.17) is 4.52 Å². The van der Waals surface area contributed by atoms with E-state index in [1.54, 1.807) is 19.1 Å². The molecule has 0 saturated carbocycles. The lowest BCUT2D eigenvalue weighted by molar-refractivity contribution is 0.362. The topological polar surface area (TPSA) is 51.0 Å². The Bertz CT molecular complexity index is 587. The largest absolute Gasteiger partial charge is 0.339 e. The van der Waals surface area contributed by atoms with Crippen LogP contribution >= 0.6 is 0 Å². The molecule has 0 radical (unpaired) electrons. The average molecular weight is 277 g/mol. The van der Waals surface area contributed by atoms with Crippen molar-refractivity contribution in [1.29, 1.82) is 0 Å². The van der Waals surface area contributed by atoms with Gasteiger partial charge in [-0.1, -0.05) is 5.16 Å². The summed E-state index contributed by atoms with van der Waals surface area (Å²) in [6.45, 7) is 8.80. The van der Waals surface area contributed by atoms with Gasteiger partial charge < -0.3 is 9.84 Å². The molecule has 0 aliphatic carbocycles. The van der Waals surface area contributed by atoms with Crippen LogP contribution in [-0.4, -0.2) is 22.2 Å². The molecule has 5 heteroatoms. The van der Waals surface area contributed by atoms with Crippen molar-refractivity contribution in [2.75, 3.05) is 6.54 Å². The number of aryl methyl sites for hydroxylation is 1. The Hall–Kier alpha value is -1.75. The quantitative estimate of drug-likeness (QED) is 0.933. The van der Waals surface area contributed by atoms with Crippen molar-refractivity contribution >= 4 is 0 Å². The van der Waals surface area contributed by atoms with Gasteiger partial charge in [-0.15, -0.1) is 0 Å². The fourth-order valence-electron chi connectivity index (χ4n) is 1.80. The van der Waals surface area contributed by atoms with E-state index in [0.717, 1.165) is 12.1 Å². The summed E-state index contributed by atoms with van der Waals surface area (Å²) in [7, 11) is 0. The summed E-state index contributed by atoms with van der Waals surface area (Å²) in [6.07, 6.45) is 0.671. The smallest absolute Gasteiger partial charge is 0.228 e. The fraction of sp³-hybridized carbons (Fsp3) is 0.467. The highest BCUT2D eigenvalue weighted by Crippen LogP contribution is 2.19. The molecular formula is C15H20FN3O. The Kier molecular flexibility index (Phi) is 4.18. The van der Waals surface area contributed by atoms with Gasteiger partial charge in [-0.25, -0.2) is 4.39 Å². The SMILES string of the molecule is Cc1cc(-c2noc(CCNC(C)(C)C)n2)ccc1F. The highest BCUT2D eigenvalue weighted by Gasteiger charge is 2.12. The molecule has 20 heavy (non-hydrogen) atoms. The summed E-state index contributed by atoms with van der Waals surface area (Å²) in [5, 5.41) is 7.29. The van der Waals surface area contributed by atoms with Crippen LogP contribution in [0.2, 0.25) is 0 Å². The fourth-order valence-corrected chi connectivity index (χ4v) is 1.80. The van der Waals surface area contributed by atoms with E-state index >= 15 is 0 Å². The number of rotatable bonds is 4. The summed E-state index contributed by atoms with van der Waals surface area (Å²) in [6, 6.07) is 4.80. The second-order valence-electron chi connectivity index (χ2n) is 5.90. The zero-order valence-corrected chi connectivity index (χ0v) is 12.3. The molecule has 2 rings (SSSR count). The van der Waals surface area contributed by atoms with Crippen molar-refractivity contribution in [3.8, 4) is 11.4 Å². The van der Waals surface area contributed by atoms with Crippen LogP contribution in [0.3, 0.4) is 0 Å². The molecule has 0 amide bonds. The summed E-state index contributed by atoms with van der Waals surface area (Å²) >= 11 is 0. The zero-order chi connectivity index (χ0) is 14.8. The number of nitrogens with zero attached hydrogens (tertiary/aromatic N) is 2. The van der Waals surface area contributed by atoms with Crippen LogP contribution in [-0.2, 0) is 6.42 Å². The molecule has 0 atom stereocenters. The molecule has 0 aliphatic rings. The van der Waals surface area contributed by atoms with Gasteiger partial charge in [-0.05, 0) is 51.5 Å². The average Bonchev–Trinajstić information content (AvgIpc) is 2.80. The third kappa shape index (κ3) is 3.87. The van der Waals surface area contributed by atoms with E-state index in [-0.39, 0.29) is 11.4 Å². The lowest BCUT2D eigenvalue weighted by atomic mass is 10.1. The number of nitrogens with one attached hydrogen (secondary N) is 1. The molecule has 0 bridgehead atoms.